The van der Waals surface area contributed by atoms with Crippen molar-refractivity contribution in [3.8, 4) is 0 Å². The van der Waals surface area contributed by atoms with Crippen LogP contribution in [0.5, 0.6) is 0 Å². The Balaban J connectivity index is 2.07. The normalized spacial score (nSPS) is 25.8. The van der Waals surface area contributed by atoms with E-state index in [1.165, 1.54) is 0 Å². The van der Waals surface area contributed by atoms with Gasteiger partial charge in [-0.15, -0.1) is 0 Å². The Labute approximate surface area is 109 Å². The van der Waals surface area contributed by atoms with Crippen LogP contribution < -0.4 is 5.73 Å². The molecular weight excluding hydrogens is 224 g/mol. The molecule has 98 valence electrons. The molecule has 1 aromatic carbocycles. The van der Waals surface area contributed by atoms with Crippen LogP contribution in [0.1, 0.15) is 38.3 Å². The third kappa shape index (κ3) is 2.72. The predicted molar refractivity (Wildman–Crippen MR) is 72.9 cm³/mol. The Morgan fingerprint density at radius 1 is 1.33 bits per heavy atom. The summed E-state index contributed by atoms with van der Waals surface area (Å²) < 4.78 is 0. The van der Waals surface area contributed by atoms with Crippen LogP contribution in [0.4, 0.5) is 0 Å². The number of rotatable bonds is 2. The predicted octanol–water partition coefficient (Wildman–Crippen LogP) is 2.33. The Kier molecular flexibility index (Phi) is 4.02. The molecule has 0 aliphatic carbocycles. The minimum absolute atomic E-state index is 0.0561. The van der Waals surface area contributed by atoms with E-state index in [9.17, 15) is 4.79 Å². The highest BCUT2D eigenvalue weighted by Crippen LogP contribution is 2.24. The SMILES string of the molecule is CC1CCN(C(=O)[C@@H](N)c2ccccc2)C(C)C1. The first-order valence-electron chi connectivity index (χ1n) is 6.70. The molecule has 1 amide bonds. The van der Waals surface area contributed by atoms with Gasteiger partial charge in [0, 0.05) is 12.6 Å². The number of likely N-dealkylation sites (tertiary alicyclic amines) is 1. The van der Waals surface area contributed by atoms with Gasteiger partial charge in [0.25, 0.3) is 0 Å². The molecule has 0 bridgehead atoms. The van der Waals surface area contributed by atoms with Crippen molar-refractivity contribution >= 4 is 5.91 Å². The van der Waals surface area contributed by atoms with Crippen LogP contribution in [-0.2, 0) is 4.79 Å². The van der Waals surface area contributed by atoms with Gasteiger partial charge in [0.2, 0.25) is 5.91 Å². The van der Waals surface area contributed by atoms with Gasteiger partial charge >= 0.3 is 0 Å². The maximum Gasteiger partial charge on any atom is 0.244 e. The summed E-state index contributed by atoms with van der Waals surface area (Å²) in [5, 5.41) is 0. The number of piperidine rings is 1. The Bertz CT molecular complexity index is 404. The number of nitrogens with two attached hydrogens (primary N) is 1. The molecule has 0 saturated carbocycles. The number of nitrogens with zero attached hydrogens (tertiary/aromatic N) is 1. The van der Waals surface area contributed by atoms with E-state index in [0.717, 1.165) is 24.9 Å². The van der Waals surface area contributed by atoms with Gasteiger partial charge in [-0.3, -0.25) is 4.79 Å². The molecule has 1 aliphatic rings. The van der Waals surface area contributed by atoms with Gasteiger partial charge in [-0.2, -0.15) is 0 Å². The molecule has 1 aromatic rings. The second-order valence-electron chi connectivity index (χ2n) is 5.40. The summed E-state index contributed by atoms with van der Waals surface area (Å²) in [4.78, 5) is 14.4. The highest BCUT2D eigenvalue weighted by Gasteiger charge is 2.30. The van der Waals surface area contributed by atoms with Gasteiger partial charge in [-0.25, -0.2) is 0 Å². The van der Waals surface area contributed by atoms with Crippen molar-refractivity contribution in [3.05, 3.63) is 35.9 Å². The van der Waals surface area contributed by atoms with Crippen molar-refractivity contribution in [1.29, 1.82) is 0 Å². The molecule has 3 atom stereocenters. The van der Waals surface area contributed by atoms with Crippen LogP contribution in [0.2, 0.25) is 0 Å². The monoisotopic (exact) mass is 246 g/mol. The molecule has 1 heterocycles. The number of hydrogen-bond donors (Lipinski definition) is 1. The number of carbonyl (C=O) groups is 1. The zero-order valence-corrected chi connectivity index (χ0v) is 11.2. The first-order valence-corrected chi connectivity index (χ1v) is 6.70. The summed E-state index contributed by atoms with van der Waals surface area (Å²) in [5.74, 6) is 0.762. The van der Waals surface area contributed by atoms with Crippen LogP contribution in [0.15, 0.2) is 30.3 Å². The van der Waals surface area contributed by atoms with Gasteiger partial charge in [-0.1, -0.05) is 37.3 Å². The van der Waals surface area contributed by atoms with Crippen LogP contribution in [0, 0.1) is 5.92 Å². The van der Waals surface area contributed by atoms with Gasteiger partial charge in [-0.05, 0) is 31.2 Å². The van der Waals surface area contributed by atoms with Crippen molar-refractivity contribution in [3.63, 3.8) is 0 Å². The lowest BCUT2D eigenvalue weighted by Gasteiger charge is -2.38. The maximum atomic E-state index is 12.4. The highest BCUT2D eigenvalue weighted by atomic mass is 16.2. The van der Waals surface area contributed by atoms with Gasteiger partial charge in [0.1, 0.15) is 6.04 Å². The molecule has 0 spiro atoms. The number of amides is 1. The fourth-order valence-electron chi connectivity index (χ4n) is 2.72. The second-order valence-corrected chi connectivity index (χ2v) is 5.40. The smallest absolute Gasteiger partial charge is 0.244 e. The lowest BCUT2D eigenvalue weighted by molar-refractivity contribution is -0.136. The van der Waals surface area contributed by atoms with E-state index in [-0.39, 0.29) is 5.91 Å². The molecule has 1 fully saturated rings. The summed E-state index contributed by atoms with van der Waals surface area (Å²) in [6.07, 6.45) is 2.16. The molecule has 0 aromatic heterocycles. The minimum atomic E-state index is -0.526. The highest BCUT2D eigenvalue weighted by molar-refractivity contribution is 5.83. The first kappa shape index (κ1) is 13.1. The van der Waals surface area contributed by atoms with E-state index >= 15 is 0 Å². The van der Waals surface area contributed by atoms with Crippen molar-refractivity contribution in [2.45, 2.75) is 38.8 Å². The van der Waals surface area contributed by atoms with E-state index in [4.69, 9.17) is 5.73 Å². The van der Waals surface area contributed by atoms with E-state index in [0.29, 0.717) is 12.0 Å². The van der Waals surface area contributed by atoms with Crippen molar-refractivity contribution in [2.24, 2.45) is 11.7 Å². The number of benzene rings is 1. The van der Waals surface area contributed by atoms with E-state index < -0.39 is 6.04 Å². The van der Waals surface area contributed by atoms with E-state index in [1.54, 1.807) is 0 Å². The zero-order valence-electron chi connectivity index (χ0n) is 11.2. The van der Waals surface area contributed by atoms with Gasteiger partial charge in [0.05, 0.1) is 0 Å². The quantitative estimate of drug-likeness (QED) is 0.870. The van der Waals surface area contributed by atoms with Gasteiger partial charge in [0.15, 0.2) is 0 Å². The summed E-state index contributed by atoms with van der Waals surface area (Å²) >= 11 is 0. The number of carbonyl (C=O) groups excluding carboxylic acids is 1. The van der Waals surface area contributed by atoms with Crippen molar-refractivity contribution < 1.29 is 4.79 Å². The molecule has 3 nitrogen and oxygen atoms in total. The first-order chi connectivity index (χ1) is 8.59. The topological polar surface area (TPSA) is 46.3 Å². The van der Waals surface area contributed by atoms with Crippen LogP contribution >= 0.6 is 0 Å². The molecule has 1 saturated heterocycles. The summed E-state index contributed by atoms with van der Waals surface area (Å²) in [6.45, 7) is 5.20. The Hall–Kier alpha value is -1.35. The van der Waals surface area contributed by atoms with E-state index in [2.05, 4.69) is 13.8 Å². The standard InChI is InChI=1S/C15H22N2O/c1-11-8-9-17(12(2)10-11)15(18)14(16)13-6-4-3-5-7-13/h3-7,11-12,14H,8-10,16H2,1-2H3/t11?,12?,14-/m0/s1. The van der Waals surface area contributed by atoms with Crippen LogP contribution in [0.25, 0.3) is 0 Å². The molecule has 3 heteroatoms. The molecule has 18 heavy (non-hydrogen) atoms. The minimum Gasteiger partial charge on any atom is -0.338 e. The second kappa shape index (κ2) is 5.53. The maximum absolute atomic E-state index is 12.4. The Morgan fingerprint density at radius 3 is 2.61 bits per heavy atom. The van der Waals surface area contributed by atoms with Crippen LogP contribution in [-0.4, -0.2) is 23.4 Å². The fraction of sp³-hybridized carbons (Fsp3) is 0.533. The molecule has 1 aliphatic heterocycles. The summed E-state index contributed by atoms with van der Waals surface area (Å²) in [5.41, 5.74) is 6.97. The number of hydrogen-bond acceptors (Lipinski definition) is 2. The lowest BCUT2D eigenvalue weighted by atomic mass is 9.92. The lowest BCUT2D eigenvalue weighted by Crippen LogP contribution is -2.47. The third-order valence-electron chi connectivity index (χ3n) is 3.85. The summed E-state index contributed by atoms with van der Waals surface area (Å²) in [6, 6.07) is 9.39. The Morgan fingerprint density at radius 2 is 2.00 bits per heavy atom. The average Bonchev–Trinajstić information content (AvgIpc) is 2.38. The van der Waals surface area contributed by atoms with E-state index in [1.807, 2.05) is 35.2 Å². The average molecular weight is 246 g/mol. The van der Waals surface area contributed by atoms with Crippen molar-refractivity contribution in [2.75, 3.05) is 6.54 Å². The molecule has 0 radical (unpaired) electrons. The largest absolute Gasteiger partial charge is 0.338 e. The summed E-state index contributed by atoms with van der Waals surface area (Å²) in [7, 11) is 0. The molecule has 2 unspecified atom stereocenters. The van der Waals surface area contributed by atoms with Crippen molar-refractivity contribution in [1.82, 2.24) is 4.90 Å². The van der Waals surface area contributed by atoms with Gasteiger partial charge < -0.3 is 10.6 Å². The zero-order chi connectivity index (χ0) is 13.1. The van der Waals surface area contributed by atoms with Crippen LogP contribution in [0.3, 0.4) is 0 Å². The fourth-order valence-corrected chi connectivity index (χ4v) is 2.72. The molecule has 2 N–H and O–H groups in total. The third-order valence-corrected chi connectivity index (χ3v) is 3.85. The molecule has 2 rings (SSSR count). The molecular formula is C15H22N2O.